The van der Waals surface area contributed by atoms with Crippen molar-refractivity contribution in [3.63, 3.8) is 0 Å². The first kappa shape index (κ1) is 42.5. The van der Waals surface area contributed by atoms with Gasteiger partial charge in [-0.25, -0.2) is 0 Å². The second-order valence-electron chi connectivity index (χ2n) is 21.0. The molecular weight excluding hydrogens is 858 g/mol. The number of nitrogens with zero attached hydrogens (tertiary/aromatic N) is 3. The Labute approximate surface area is 395 Å². The van der Waals surface area contributed by atoms with E-state index < -0.39 is 0 Å². The molecule has 352 valence electrons. The number of phenols is 3. The van der Waals surface area contributed by atoms with Crippen LogP contribution in [0.3, 0.4) is 0 Å². The van der Waals surface area contributed by atoms with Gasteiger partial charge in [0.1, 0.15) is 11.5 Å². The predicted octanol–water partition coefficient (Wildman–Crippen LogP) is 6.87. The topological polar surface area (TPSA) is 134 Å². The summed E-state index contributed by atoms with van der Waals surface area (Å²) in [6.45, 7) is 3.11. The Balaban J connectivity index is 0.000000116. The number of benzene rings is 3. The predicted molar refractivity (Wildman–Crippen MR) is 252 cm³/mol. The van der Waals surface area contributed by atoms with Crippen molar-refractivity contribution in [1.82, 2.24) is 14.7 Å². The summed E-state index contributed by atoms with van der Waals surface area (Å²) in [5, 5.41) is 30.8. The zero-order chi connectivity index (χ0) is 44.5. The lowest BCUT2D eigenvalue weighted by molar-refractivity contribution is -0.138. The molecule has 6 heterocycles. The number of aromatic hydroxyl groups is 3. The number of ketones is 1. The Morgan fingerprint density at radius 3 is 1.79 bits per heavy atom. The Morgan fingerprint density at radius 2 is 1.17 bits per heavy atom. The van der Waals surface area contributed by atoms with Gasteiger partial charge in [-0.3, -0.25) is 9.69 Å². The van der Waals surface area contributed by atoms with Crippen LogP contribution < -0.4 is 14.2 Å². The summed E-state index contributed by atoms with van der Waals surface area (Å²) in [6.07, 6.45) is 14.6. The molecule has 12 aliphatic rings. The van der Waals surface area contributed by atoms with Crippen LogP contribution in [0.15, 0.2) is 71.7 Å². The van der Waals surface area contributed by atoms with Gasteiger partial charge in [0.2, 0.25) is 0 Å². The molecule has 4 fully saturated rings. The largest absolute Gasteiger partial charge is 0.504 e. The third-order valence-electron chi connectivity index (χ3n) is 18.8. The number of piperidine rings is 3. The minimum Gasteiger partial charge on any atom is -0.504 e. The van der Waals surface area contributed by atoms with Crippen molar-refractivity contribution in [3.05, 3.63) is 105 Å². The third-order valence-corrected chi connectivity index (χ3v) is 18.8. The van der Waals surface area contributed by atoms with Gasteiger partial charge < -0.3 is 48.8 Å². The first-order valence-corrected chi connectivity index (χ1v) is 23.9. The number of carbonyl (C=O) groups excluding carboxylic acids is 1. The van der Waals surface area contributed by atoms with Gasteiger partial charge in [0.25, 0.3) is 0 Å². The quantitative estimate of drug-likeness (QED) is 0.248. The summed E-state index contributed by atoms with van der Waals surface area (Å²) >= 11 is 0. The van der Waals surface area contributed by atoms with Gasteiger partial charge in [-0.1, -0.05) is 24.3 Å². The van der Waals surface area contributed by atoms with Crippen molar-refractivity contribution in [3.8, 4) is 34.5 Å². The molecule has 0 aromatic heterocycles. The number of ether oxygens (including phenoxy) is 5. The number of methoxy groups -OCH3 is 2. The fraction of sp³-hybridized carbons (Fsp3) is 0.528. The second kappa shape index (κ2) is 14.6. The minimum atomic E-state index is -0.366. The molecule has 3 saturated heterocycles. The van der Waals surface area contributed by atoms with Crippen LogP contribution in [-0.4, -0.2) is 127 Å². The highest BCUT2D eigenvalue weighted by molar-refractivity contribution is 5.89. The average molecular weight is 925 g/mol. The molecule has 0 radical (unpaired) electrons. The maximum Gasteiger partial charge on any atom is 0.174 e. The Kier molecular flexibility index (Phi) is 9.37. The zero-order valence-corrected chi connectivity index (χ0v) is 39.2. The van der Waals surface area contributed by atoms with E-state index in [1.807, 2.05) is 12.1 Å². The van der Waals surface area contributed by atoms with Crippen molar-refractivity contribution in [2.45, 2.75) is 110 Å². The van der Waals surface area contributed by atoms with E-state index in [-0.39, 0.29) is 72.8 Å². The number of hydrogen-bond donors (Lipinski definition) is 3. The molecular formula is C53H64ClN3O9. The van der Waals surface area contributed by atoms with E-state index in [9.17, 15) is 20.1 Å². The summed E-state index contributed by atoms with van der Waals surface area (Å²) < 4.78 is 29.8. The summed E-state index contributed by atoms with van der Waals surface area (Å²) in [4.78, 5) is 19.9. The van der Waals surface area contributed by atoms with E-state index >= 15 is 0 Å². The standard InChI is InChI=1S/C18H21NO3.C18H19NO3.C17H19NO3.ClH.2H2/c2*1-19-8-7-18-11-4-6-14(21-2)17(18)22-16-13(20)5-3-10(15(16)18)9-12(11)19;1-18-7-6-17-10-3-5-13(20)16(17)21-15-12(19)4-2-9(14(15)17)8-11(10)18;;;/h3,5-6,11-12,17,20H,4,7-9H2,1-2H3;3-6,12,17,20H,7-9H2,1-2H3;2,4,10-11,16,19H,3,5-8H2,1H3;3*1H/t11?,12?,17-,18-;12?,17-,18-;10?,11?,16-,17-;;;/m000.../s1/i;;;;2*1+1. The van der Waals surface area contributed by atoms with Gasteiger partial charge in [0, 0.05) is 54.9 Å². The average Bonchev–Trinajstić information content (AvgIpc) is 3.98. The molecule has 11 atom stereocenters. The van der Waals surface area contributed by atoms with Crippen molar-refractivity contribution in [2.24, 2.45) is 11.8 Å². The van der Waals surface area contributed by atoms with Crippen LogP contribution in [-0.2, 0) is 49.8 Å². The number of rotatable bonds is 2. The van der Waals surface area contributed by atoms with Crippen LogP contribution in [0.5, 0.6) is 34.5 Å². The van der Waals surface area contributed by atoms with Gasteiger partial charge in [0.05, 0.1) is 19.6 Å². The van der Waals surface area contributed by atoms with Crippen LogP contribution in [0.25, 0.3) is 0 Å². The summed E-state index contributed by atoms with van der Waals surface area (Å²) in [5.74, 6) is 5.73. The third kappa shape index (κ3) is 5.14. The van der Waals surface area contributed by atoms with Crippen LogP contribution in [0.2, 0.25) is 0 Å². The molecule has 6 aliphatic carbocycles. The van der Waals surface area contributed by atoms with Crippen molar-refractivity contribution in [2.75, 3.05) is 55.0 Å². The minimum absolute atomic E-state index is 0. The number of likely N-dealkylation sites (tertiary alicyclic amines) is 3. The Morgan fingerprint density at radius 1 is 0.636 bits per heavy atom. The normalized spacial score (nSPS) is 36.9. The lowest BCUT2D eigenvalue weighted by Gasteiger charge is -2.57. The van der Waals surface area contributed by atoms with E-state index in [1.165, 1.54) is 33.4 Å². The number of phenolic OH excluding ortho intramolecular Hbond substituents is 3. The maximum absolute atomic E-state index is 12.5. The molecule has 3 aromatic rings. The van der Waals surface area contributed by atoms with Crippen LogP contribution in [0.4, 0.5) is 0 Å². The van der Waals surface area contributed by atoms with Gasteiger partial charge in [-0.05, 0) is 157 Å². The molecule has 13 heteroatoms. The van der Waals surface area contributed by atoms with Gasteiger partial charge in [-0.2, -0.15) is 0 Å². The number of hydrogen-bond acceptors (Lipinski definition) is 12. The smallest absolute Gasteiger partial charge is 0.174 e. The summed E-state index contributed by atoms with van der Waals surface area (Å²) in [7, 11) is 10.1. The lowest BCUT2D eigenvalue weighted by Crippen LogP contribution is -2.65. The lowest BCUT2D eigenvalue weighted by atomic mass is 9.52. The summed E-state index contributed by atoms with van der Waals surface area (Å²) in [5.41, 5.74) is 8.64. The summed E-state index contributed by atoms with van der Waals surface area (Å²) in [6, 6.07) is 12.9. The number of allylic oxidation sites excluding steroid dienone is 3. The first-order valence-electron chi connectivity index (χ1n) is 23.9. The fourth-order valence-electron chi connectivity index (χ4n) is 16.0. The van der Waals surface area contributed by atoms with Crippen LogP contribution in [0.1, 0.15) is 74.8 Å². The Bertz CT molecular complexity index is 2710. The molecule has 3 spiro atoms. The molecule has 0 amide bonds. The molecule has 6 aliphatic heterocycles. The molecule has 3 N–H and O–H groups in total. The van der Waals surface area contributed by atoms with Crippen molar-refractivity contribution >= 4 is 18.2 Å². The number of likely N-dealkylation sites (N-methyl/N-ethyl adjacent to an activating group) is 3. The van der Waals surface area contributed by atoms with Gasteiger partial charge >= 0.3 is 0 Å². The second-order valence-corrected chi connectivity index (χ2v) is 21.0. The van der Waals surface area contributed by atoms with E-state index in [4.69, 9.17) is 23.7 Å². The molecule has 66 heavy (non-hydrogen) atoms. The number of carbonyl (C=O) groups is 1. The molecule has 12 nitrogen and oxygen atoms in total. The van der Waals surface area contributed by atoms with Crippen LogP contribution >= 0.6 is 12.4 Å². The number of Topliss-reactive ketones (excluding diaryl/α,β-unsaturated/α-hetero) is 1. The molecule has 1 saturated carbocycles. The monoisotopic (exact) mass is 923 g/mol. The molecule has 5 unspecified atom stereocenters. The molecule has 15 rings (SSSR count). The van der Waals surface area contributed by atoms with Gasteiger partial charge in [0.15, 0.2) is 58.6 Å². The molecule has 6 bridgehead atoms. The van der Waals surface area contributed by atoms with Gasteiger partial charge in [-0.15, -0.1) is 12.4 Å². The highest BCUT2D eigenvalue weighted by atomic mass is 35.5. The highest BCUT2D eigenvalue weighted by Crippen LogP contribution is 2.66. The van der Waals surface area contributed by atoms with Crippen molar-refractivity contribution in [1.29, 1.82) is 0 Å². The van der Waals surface area contributed by atoms with Crippen LogP contribution in [0, 0.1) is 11.8 Å². The van der Waals surface area contributed by atoms with E-state index in [2.05, 4.69) is 60.1 Å². The van der Waals surface area contributed by atoms with Crippen molar-refractivity contribution < 1.29 is 46.7 Å². The fourth-order valence-corrected chi connectivity index (χ4v) is 16.0. The number of halogens is 1. The molecule has 3 aromatic carbocycles. The maximum atomic E-state index is 12.5. The highest BCUT2D eigenvalue weighted by Gasteiger charge is 2.67. The Hall–Kier alpha value is -4.88. The van der Waals surface area contributed by atoms with E-state index in [1.54, 1.807) is 32.4 Å². The van der Waals surface area contributed by atoms with E-state index in [0.29, 0.717) is 53.6 Å². The zero-order valence-electron chi connectivity index (χ0n) is 38.3. The SMILES string of the molecule is CN1CC[C@]23c4c5ccc(O)c4O[C@H]2C(=O)CCC3C1C5.COC1=CC=C2C3Cc4ccc(O)c5c4[C@@]2(CCN3C)[C@H]1O5.COC1=CCC2C3Cc4ccc(O)c5c4[C@@]2(CCN3C)[C@H]1O5.Cl.[2HH].[2HH]. The first-order chi connectivity index (χ1) is 31.5. The van der Waals surface area contributed by atoms with E-state index in [0.717, 1.165) is 88.1 Å².